The van der Waals surface area contributed by atoms with Crippen LogP contribution in [0.4, 0.5) is 15.3 Å². The normalized spacial score (nSPS) is 20.7. The molecular formula is C20H26N6O3. The molecule has 4 rings (SSSR count). The number of carbonyl (C=O) groups is 2. The number of hydrogen-bond acceptors (Lipinski definition) is 6. The van der Waals surface area contributed by atoms with Crippen LogP contribution in [0, 0.1) is 0 Å². The number of amides is 3. The van der Waals surface area contributed by atoms with E-state index in [-0.39, 0.29) is 18.3 Å². The van der Waals surface area contributed by atoms with Gasteiger partial charge in [-0.15, -0.1) is 0 Å². The van der Waals surface area contributed by atoms with Crippen molar-refractivity contribution in [3.05, 3.63) is 53.4 Å². The van der Waals surface area contributed by atoms with Gasteiger partial charge in [-0.1, -0.05) is 12.1 Å². The number of nitrogens with two attached hydrogens (primary N) is 1. The fourth-order valence-corrected chi connectivity index (χ4v) is 3.52. The number of cyclic esters (lactones) is 1. The highest BCUT2D eigenvalue weighted by molar-refractivity contribution is 5.96. The van der Waals surface area contributed by atoms with Crippen LogP contribution < -0.4 is 26.6 Å². The molecule has 3 heterocycles. The molecule has 3 amide bonds. The molecule has 0 saturated carbocycles. The van der Waals surface area contributed by atoms with Gasteiger partial charge >= 0.3 is 12.1 Å². The van der Waals surface area contributed by atoms with E-state index in [2.05, 4.69) is 16.0 Å². The number of nitrogens with zero attached hydrogens (tertiary/aromatic N) is 2. The van der Waals surface area contributed by atoms with Crippen molar-refractivity contribution in [3.63, 3.8) is 0 Å². The Kier molecular flexibility index (Phi) is 5.68. The molecule has 0 spiro atoms. The second-order valence-corrected chi connectivity index (χ2v) is 7.22. The third-order valence-corrected chi connectivity index (χ3v) is 5.08. The van der Waals surface area contributed by atoms with E-state index in [1.165, 1.54) is 0 Å². The Balaban J connectivity index is 1.41. The van der Waals surface area contributed by atoms with E-state index >= 15 is 0 Å². The molecule has 1 aromatic carbocycles. The topological polar surface area (TPSA) is 112 Å². The number of fused-ring (bicyclic) bond motifs is 1. The fourth-order valence-electron chi connectivity index (χ4n) is 3.52. The third kappa shape index (κ3) is 4.36. The smallest absolute Gasteiger partial charge is 0.410 e. The van der Waals surface area contributed by atoms with Crippen molar-refractivity contribution in [3.8, 4) is 0 Å². The average Bonchev–Trinajstić information content (AvgIpc) is 3.30. The molecule has 0 bridgehead atoms. The molecule has 9 heteroatoms. The quantitative estimate of drug-likeness (QED) is 0.482. The molecule has 1 fully saturated rings. The first-order chi connectivity index (χ1) is 14.1. The van der Waals surface area contributed by atoms with Gasteiger partial charge in [-0.3, -0.25) is 9.80 Å². The molecular weight excluding hydrogens is 372 g/mol. The van der Waals surface area contributed by atoms with E-state index in [0.717, 1.165) is 42.0 Å². The number of hydrogen-bond donors (Lipinski definition) is 4. The summed E-state index contributed by atoms with van der Waals surface area (Å²) in [5, 5.41) is 9.55. The maximum atomic E-state index is 12.6. The lowest BCUT2D eigenvalue weighted by Crippen LogP contribution is -2.52. The second kappa shape index (κ2) is 8.54. The largest absolute Gasteiger partial charge is 0.448 e. The number of benzene rings is 1. The van der Waals surface area contributed by atoms with Crippen molar-refractivity contribution < 1.29 is 14.3 Å². The highest BCUT2D eigenvalue weighted by Gasteiger charge is 2.32. The van der Waals surface area contributed by atoms with E-state index in [1.807, 2.05) is 36.5 Å². The Bertz CT molecular complexity index is 835. The molecule has 29 heavy (non-hydrogen) atoms. The van der Waals surface area contributed by atoms with Crippen LogP contribution in [0.5, 0.6) is 0 Å². The number of nitrogens with one attached hydrogen (secondary N) is 3. The minimum absolute atomic E-state index is 0.199. The summed E-state index contributed by atoms with van der Waals surface area (Å²) in [4.78, 5) is 27.4. The molecule has 1 unspecified atom stereocenters. The van der Waals surface area contributed by atoms with Crippen LogP contribution in [0.15, 0.2) is 47.8 Å². The molecule has 1 atom stereocenters. The average molecular weight is 398 g/mol. The molecule has 5 N–H and O–H groups in total. The van der Waals surface area contributed by atoms with Crippen LogP contribution in [0.2, 0.25) is 0 Å². The molecule has 3 aliphatic rings. The number of carbonyl (C=O) groups excluding carboxylic acids is 2. The first-order valence-corrected chi connectivity index (χ1v) is 9.84. The molecule has 0 aliphatic carbocycles. The van der Waals surface area contributed by atoms with Gasteiger partial charge in [0.15, 0.2) is 0 Å². The summed E-state index contributed by atoms with van der Waals surface area (Å²) in [6.45, 7) is 3.77. The number of ether oxygens (including phenoxy) is 1. The summed E-state index contributed by atoms with van der Waals surface area (Å²) < 4.78 is 4.96. The first kappa shape index (κ1) is 19.3. The standard InChI is InChI=1S/C20H26N6O3/c21-6-1-7-22-11-14-2-4-17(5-3-14)26-12-15-10-16(23-18(15)24-19(26)27)13-25-8-9-29-20(25)28/h2-5,10,12,18,22-23H,1,6-9,11,13,21H2,(H,24,27). The summed E-state index contributed by atoms with van der Waals surface area (Å²) in [5.74, 6) is 0. The number of anilines is 1. The third-order valence-electron chi connectivity index (χ3n) is 5.08. The Morgan fingerprint density at radius 2 is 2.03 bits per heavy atom. The van der Waals surface area contributed by atoms with Gasteiger partial charge in [0.2, 0.25) is 0 Å². The molecule has 0 radical (unpaired) electrons. The van der Waals surface area contributed by atoms with E-state index in [0.29, 0.717) is 26.2 Å². The maximum Gasteiger partial charge on any atom is 0.410 e. The zero-order valence-electron chi connectivity index (χ0n) is 16.2. The lowest BCUT2D eigenvalue weighted by atomic mass is 10.1. The van der Waals surface area contributed by atoms with Gasteiger partial charge in [-0.2, -0.15) is 0 Å². The van der Waals surface area contributed by atoms with Crippen molar-refractivity contribution in [2.75, 3.05) is 37.7 Å². The summed E-state index contributed by atoms with van der Waals surface area (Å²) >= 11 is 0. The minimum atomic E-state index is -0.306. The molecule has 9 nitrogen and oxygen atoms in total. The molecule has 3 aliphatic heterocycles. The van der Waals surface area contributed by atoms with Crippen LogP contribution >= 0.6 is 0 Å². The van der Waals surface area contributed by atoms with Gasteiger partial charge in [0.1, 0.15) is 12.8 Å². The Hall–Kier alpha value is -3.04. The molecule has 154 valence electrons. The van der Waals surface area contributed by atoms with Crippen LogP contribution in [-0.2, 0) is 11.3 Å². The van der Waals surface area contributed by atoms with Crippen LogP contribution in [0.25, 0.3) is 0 Å². The molecule has 1 saturated heterocycles. The number of urea groups is 1. The van der Waals surface area contributed by atoms with Gasteiger partial charge < -0.3 is 26.4 Å². The zero-order valence-corrected chi connectivity index (χ0v) is 16.2. The highest BCUT2D eigenvalue weighted by atomic mass is 16.6. The summed E-state index contributed by atoms with van der Waals surface area (Å²) in [6.07, 6.45) is 4.17. The predicted molar refractivity (Wildman–Crippen MR) is 109 cm³/mol. The van der Waals surface area contributed by atoms with Crippen molar-refractivity contribution in [1.82, 2.24) is 20.9 Å². The van der Waals surface area contributed by atoms with Gasteiger partial charge in [0.25, 0.3) is 0 Å². The Morgan fingerprint density at radius 1 is 1.21 bits per heavy atom. The van der Waals surface area contributed by atoms with Crippen LogP contribution in [0.3, 0.4) is 0 Å². The van der Waals surface area contributed by atoms with Gasteiger partial charge in [0.05, 0.1) is 18.8 Å². The van der Waals surface area contributed by atoms with Gasteiger partial charge in [-0.05, 0) is 43.3 Å². The maximum absolute atomic E-state index is 12.6. The fraction of sp³-hybridized carbons (Fsp3) is 0.400. The monoisotopic (exact) mass is 398 g/mol. The molecule has 1 aromatic rings. The van der Waals surface area contributed by atoms with Crippen molar-refractivity contribution in [2.45, 2.75) is 19.1 Å². The van der Waals surface area contributed by atoms with E-state index in [9.17, 15) is 9.59 Å². The van der Waals surface area contributed by atoms with Gasteiger partial charge in [-0.25, -0.2) is 9.59 Å². The summed E-state index contributed by atoms with van der Waals surface area (Å²) in [6, 6.07) is 7.69. The number of rotatable bonds is 8. The van der Waals surface area contributed by atoms with Crippen molar-refractivity contribution in [1.29, 1.82) is 0 Å². The predicted octanol–water partition coefficient (Wildman–Crippen LogP) is 0.804. The second-order valence-electron chi connectivity index (χ2n) is 7.22. The van der Waals surface area contributed by atoms with Gasteiger partial charge in [0, 0.05) is 24.0 Å². The van der Waals surface area contributed by atoms with Crippen LogP contribution in [0.1, 0.15) is 12.0 Å². The Morgan fingerprint density at radius 3 is 2.76 bits per heavy atom. The van der Waals surface area contributed by atoms with Crippen molar-refractivity contribution >= 4 is 17.8 Å². The summed E-state index contributed by atoms with van der Waals surface area (Å²) in [5.41, 5.74) is 9.26. The van der Waals surface area contributed by atoms with E-state index < -0.39 is 0 Å². The molecule has 0 aromatic heterocycles. The Labute approximate surface area is 169 Å². The van der Waals surface area contributed by atoms with Crippen LogP contribution in [-0.4, -0.2) is 56.0 Å². The first-order valence-electron chi connectivity index (χ1n) is 9.84. The summed E-state index contributed by atoms with van der Waals surface area (Å²) in [7, 11) is 0. The zero-order chi connectivity index (χ0) is 20.2. The lowest BCUT2D eigenvalue weighted by Gasteiger charge is -2.29. The minimum Gasteiger partial charge on any atom is -0.448 e. The lowest BCUT2D eigenvalue weighted by molar-refractivity contribution is 0.160. The van der Waals surface area contributed by atoms with E-state index in [4.69, 9.17) is 10.5 Å². The highest BCUT2D eigenvalue weighted by Crippen LogP contribution is 2.25. The SMILES string of the molecule is NCCCNCc1ccc(N2C=C3C=C(CN4CCOC4=O)NC3NC2=O)cc1. The van der Waals surface area contributed by atoms with Crippen molar-refractivity contribution in [2.24, 2.45) is 5.73 Å². The van der Waals surface area contributed by atoms with E-state index in [1.54, 1.807) is 9.80 Å².